The quantitative estimate of drug-likeness (QED) is 0.537. The normalized spacial score (nSPS) is 10.7. The average Bonchev–Trinajstić information content (AvgIpc) is 2.89. The van der Waals surface area contributed by atoms with E-state index in [4.69, 9.17) is 9.47 Å². The molecule has 0 aliphatic heterocycles. The second kappa shape index (κ2) is 8.28. The van der Waals surface area contributed by atoms with E-state index in [1.54, 1.807) is 25.2 Å². The Labute approximate surface area is 130 Å². The summed E-state index contributed by atoms with van der Waals surface area (Å²) < 4.78 is 13.7. The fraction of sp³-hybridized carbons (Fsp3) is 0.385. The Balaban J connectivity index is 1.74. The highest BCUT2D eigenvalue weighted by Gasteiger charge is 2.04. The highest BCUT2D eigenvalue weighted by atomic mass is 79.9. The first-order chi connectivity index (χ1) is 9.79. The molecule has 108 valence electrons. The predicted octanol–water partition coefficient (Wildman–Crippen LogP) is 2.86. The molecule has 0 saturated carbocycles. The second-order valence-corrected chi connectivity index (χ2v) is 5.93. The predicted molar refractivity (Wildman–Crippen MR) is 82.3 cm³/mol. The molecule has 0 N–H and O–H groups in total. The molecular weight excluding hydrogens is 342 g/mol. The molecule has 20 heavy (non-hydrogen) atoms. The largest absolute Gasteiger partial charge is 0.493 e. The van der Waals surface area contributed by atoms with E-state index >= 15 is 0 Å². The zero-order valence-electron chi connectivity index (χ0n) is 11.2. The molecular formula is C13H16BrN3O2S. The molecule has 0 atom stereocenters. The fourth-order valence-corrected chi connectivity index (χ4v) is 2.69. The molecule has 0 radical (unpaired) electrons. The van der Waals surface area contributed by atoms with Crippen molar-refractivity contribution in [2.24, 2.45) is 0 Å². The van der Waals surface area contributed by atoms with E-state index in [1.807, 2.05) is 28.8 Å². The van der Waals surface area contributed by atoms with E-state index in [0.717, 1.165) is 27.7 Å². The molecule has 0 amide bonds. The fourth-order valence-electron chi connectivity index (χ4n) is 1.55. The lowest BCUT2D eigenvalue weighted by molar-refractivity contribution is 0.184. The van der Waals surface area contributed by atoms with Crippen LogP contribution in [0.25, 0.3) is 0 Å². The average molecular weight is 358 g/mol. The smallest absolute Gasteiger partial charge is 0.191 e. The van der Waals surface area contributed by atoms with Gasteiger partial charge < -0.3 is 14.0 Å². The van der Waals surface area contributed by atoms with Gasteiger partial charge in [0.1, 0.15) is 12.1 Å². The van der Waals surface area contributed by atoms with Crippen molar-refractivity contribution in [1.29, 1.82) is 0 Å². The van der Waals surface area contributed by atoms with E-state index in [-0.39, 0.29) is 0 Å². The summed E-state index contributed by atoms with van der Waals surface area (Å²) in [5, 5.41) is 8.89. The molecule has 0 aliphatic carbocycles. The Kier molecular flexibility index (Phi) is 6.35. The van der Waals surface area contributed by atoms with Gasteiger partial charge in [-0.2, -0.15) is 0 Å². The van der Waals surface area contributed by atoms with E-state index in [9.17, 15) is 0 Å². The van der Waals surface area contributed by atoms with Crippen LogP contribution in [0.15, 0.2) is 40.2 Å². The third-order valence-electron chi connectivity index (χ3n) is 2.50. The first kappa shape index (κ1) is 15.3. The van der Waals surface area contributed by atoms with E-state index in [2.05, 4.69) is 26.1 Å². The van der Waals surface area contributed by atoms with E-state index < -0.39 is 0 Å². The standard InChI is InChI=1S/C13H16BrN3O2S/c1-18-6-5-17-10-15-16-13(17)20-8-7-19-12-4-2-3-11(14)9-12/h2-4,9-10H,5-8H2,1H3. The number of ether oxygens (including phenoxy) is 2. The Morgan fingerprint density at radius 2 is 2.25 bits per heavy atom. The Morgan fingerprint density at radius 1 is 1.35 bits per heavy atom. The summed E-state index contributed by atoms with van der Waals surface area (Å²) in [7, 11) is 1.68. The van der Waals surface area contributed by atoms with Crippen molar-refractivity contribution in [3.63, 3.8) is 0 Å². The minimum Gasteiger partial charge on any atom is -0.493 e. The first-order valence-electron chi connectivity index (χ1n) is 6.17. The van der Waals surface area contributed by atoms with E-state index in [0.29, 0.717) is 13.2 Å². The van der Waals surface area contributed by atoms with Crippen LogP contribution in [0.1, 0.15) is 0 Å². The summed E-state index contributed by atoms with van der Waals surface area (Å²) in [4.78, 5) is 0. The number of methoxy groups -OCH3 is 1. The van der Waals surface area contributed by atoms with Crippen LogP contribution in [0.3, 0.4) is 0 Å². The van der Waals surface area contributed by atoms with Gasteiger partial charge in [-0.1, -0.05) is 33.8 Å². The summed E-state index contributed by atoms with van der Waals surface area (Å²) >= 11 is 5.04. The van der Waals surface area contributed by atoms with Gasteiger partial charge in [0, 0.05) is 23.9 Å². The molecule has 2 rings (SSSR count). The molecule has 0 aliphatic rings. The molecule has 1 heterocycles. The number of nitrogens with zero attached hydrogens (tertiary/aromatic N) is 3. The van der Waals surface area contributed by atoms with Crippen molar-refractivity contribution < 1.29 is 9.47 Å². The van der Waals surface area contributed by atoms with Gasteiger partial charge in [0.15, 0.2) is 5.16 Å². The topological polar surface area (TPSA) is 49.2 Å². The van der Waals surface area contributed by atoms with Crippen molar-refractivity contribution in [3.8, 4) is 5.75 Å². The zero-order valence-corrected chi connectivity index (χ0v) is 13.6. The van der Waals surface area contributed by atoms with Gasteiger partial charge >= 0.3 is 0 Å². The zero-order chi connectivity index (χ0) is 14.2. The highest BCUT2D eigenvalue weighted by Crippen LogP contribution is 2.19. The van der Waals surface area contributed by atoms with Gasteiger partial charge in [0.2, 0.25) is 0 Å². The van der Waals surface area contributed by atoms with Gasteiger partial charge in [-0.15, -0.1) is 10.2 Å². The van der Waals surface area contributed by atoms with Crippen molar-refractivity contribution in [1.82, 2.24) is 14.8 Å². The summed E-state index contributed by atoms with van der Waals surface area (Å²) in [6, 6.07) is 7.82. The van der Waals surface area contributed by atoms with Crippen molar-refractivity contribution in [2.75, 3.05) is 26.1 Å². The first-order valence-corrected chi connectivity index (χ1v) is 7.95. The Morgan fingerprint density at radius 3 is 3.05 bits per heavy atom. The number of thioether (sulfide) groups is 1. The maximum absolute atomic E-state index is 5.67. The minimum absolute atomic E-state index is 0.623. The van der Waals surface area contributed by atoms with E-state index in [1.165, 1.54) is 0 Å². The second-order valence-electron chi connectivity index (χ2n) is 3.95. The molecule has 0 saturated heterocycles. The number of halogens is 1. The SMILES string of the molecule is COCCn1cnnc1SCCOc1cccc(Br)c1. The van der Waals surface area contributed by atoms with Crippen LogP contribution < -0.4 is 4.74 Å². The molecule has 5 nitrogen and oxygen atoms in total. The lowest BCUT2D eigenvalue weighted by atomic mass is 10.3. The Bertz CT molecular complexity index is 536. The molecule has 0 unspecified atom stereocenters. The highest BCUT2D eigenvalue weighted by molar-refractivity contribution is 9.10. The van der Waals surface area contributed by atoms with Crippen LogP contribution in [-0.4, -0.2) is 40.8 Å². The van der Waals surface area contributed by atoms with Gasteiger partial charge in [0.05, 0.1) is 13.2 Å². The maximum atomic E-state index is 5.67. The molecule has 0 fully saturated rings. The van der Waals surface area contributed by atoms with Gasteiger partial charge in [-0.25, -0.2) is 0 Å². The summed E-state index contributed by atoms with van der Waals surface area (Å²) in [5.41, 5.74) is 0. The Hall–Kier alpha value is -1.05. The van der Waals surface area contributed by atoms with Crippen molar-refractivity contribution in [3.05, 3.63) is 35.1 Å². The van der Waals surface area contributed by atoms with Crippen LogP contribution >= 0.6 is 27.7 Å². The monoisotopic (exact) mass is 357 g/mol. The lowest BCUT2D eigenvalue weighted by Gasteiger charge is -2.07. The maximum Gasteiger partial charge on any atom is 0.191 e. The molecule has 7 heteroatoms. The molecule has 1 aromatic carbocycles. The minimum atomic E-state index is 0.623. The number of hydrogen-bond donors (Lipinski definition) is 0. The van der Waals surface area contributed by atoms with Crippen LogP contribution in [0.4, 0.5) is 0 Å². The van der Waals surface area contributed by atoms with Gasteiger partial charge in [0.25, 0.3) is 0 Å². The van der Waals surface area contributed by atoms with Crippen LogP contribution in [0.2, 0.25) is 0 Å². The summed E-state index contributed by atoms with van der Waals surface area (Å²) in [6.07, 6.45) is 1.72. The molecule has 1 aromatic heterocycles. The number of rotatable bonds is 8. The van der Waals surface area contributed by atoms with Gasteiger partial charge in [-0.3, -0.25) is 0 Å². The number of hydrogen-bond acceptors (Lipinski definition) is 5. The van der Waals surface area contributed by atoms with Crippen molar-refractivity contribution >= 4 is 27.7 Å². The number of aromatic nitrogens is 3. The molecule has 0 bridgehead atoms. The third-order valence-corrected chi connectivity index (χ3v) is 3.93. The van der Waals surface area contributed by atoms with Gasteiger partial charge in [-0.05, 0) is 18.2 Å². The summed E-state index contributed by atoms with van der Waals surface area (Å²) in [5.74, 6) is 1.68. The van der Waals surface area contributed by atoms with Crippen molar-refractivity contribution in [2.45, 2.75) is 11.7 Å². The van der Waals surface area contributed by atoms with Crippen LogP contribution in [-0.2, 0) is 11.3 Å². The third kappa shape index (κ3) is 4.81. The molecule has 2 aromatic rings. The lowest BCUT2D eigenvalue weighted by Crippen LogP contribution is -2.06. The van der Waals surface area contributed by atoms with Crippen LogP contribution in [0.5, 0.6) is 5.75 Å². The number of benzene rings is 1. The summed E-state index contributed by atoms with van der Waals surface area (Å²) in [6.45, 7) is 2.04. The van der Waals surface area contributed by atoms with Crippen LogP contribution in [0, 0.1) is 0 Å². The molecule has 0 spiro atoms.